The van der Waals surface area contributed by atoms with Crippen LogP contribution in [0.25, 0.3) is 11.3 Å². The van der Waals surface area contributed by atoms with E-state index in [4.69, 9.17) is 9.47 Å². The molecule has 2 aliphatic rings. The van der Waals surface area contributed by atoms with Crippen LogP contribution in [0.2, 0.25) is 0 Å². The Morgan fingerprint density at radius 2 is 1.89 bits per heavy atom. The van der Waals surface area contributed by atoms with Crippen LogP contribution in [-0.2, 0) is 7.05 Å². The van der Waals surface area contributed by atoms with E-state index in [0.717, 1.165) is 30.0 Å². The van der Waals surface area contributed by atoms with Crippen molar-refractivity contribution in [3.05, 3.63) is 30.0 Å². The Morgan fingerprint density at radius 1 is 1.14 bits per heavy atom. The summed E-state index contributed by atoms with van der Waals surface area (Å²) >= 11 is 0. The number of nitrogens with zero attached hydrogens (tertiary/aromatic N) is 3. The largest absolute Gasteiger partial charge is 0.490 e. The van der Waals surface area contributed by atoms with E-state index >= 15 is 0 Å². The van der Waals surface area contributed by atoms with Crippen molar-refractivity contribution in [1.82, 2.24) is 14.7 Å². The molecule has 0 atom stereocenters. The number of benzene rings is 1. The van der Waals surface area contributed by atoms with Crippen molar-refractivity contribution in [2.24, 2.45) is 13.0 Å². The zero-order valence-electron chi connectivity index (χ0n) is 16.8. The van der Waals surface area contributed by atoms with Crippen molar-refractivity contribution in [3.8, 4) is 22.8 Å². The molecule has 1 fully saturated rings. The zero-order valence-corrected chi connectivity index (χ0v) is 16.8. The normalized spacial score (nSPS) is 17.2. The van der Waals surface area contributed by atoms with Gasteiger partial charge in [-0.2, -0.15) is 5.10 Å². The molecule has 6 heteroatoms. The monoisotopic (exact) mass is 383 g/mol. The van der Waals surface area contributed by atoms with Crippen molar-refractivity contribution in [2.45, 2.75) is 38.5 Å². The number of ether oxygens (including phenoxy) is 2. The number of carbonyl (C=O) groups excluding carboxylic acids is 1. The van der Waals surface area contributed by atoms with Crippen molar-refractivity contribution in [1.29, 1.82) is 0 Å². The number of carbonyl (C=O) groups is 1. The molecule has 150 valence electrons. The molecule has 1 aromatic carbocycles. The zero-order chi connectivity index (χ0) is 19.5. The van der Waals surface area contributed by atoms with Gasteiger partial charge < -0.3 is 14.4 Å². The van der Waals surface area contributed by atoms with Crippen LogP contribution in [0.1, 0.15) is 48.9 Å². The van der Waals surface area contributed by atoms with Crippen LogP contribution in [-0.4, -0.2) is 47.4 Å². The fraction of sp³-hybridized carbons (Fsp3) is 0.545. The molecule has 0 N–H and O–H groups in total. The van der Waals surface area contributed by atoms with Crippen molar-refractivity contribution >= 4 is 5.91 Å². The molecule has 1 saturated carbocycles. The second kappa shape index (κ2) is 8.25. The number of hydrogen-bond acceptors (Lipinski definition) is 4. The molecule has 0 saturated heterocycles. The lowest BCUT2D eigenvalue weighted by Crippen LogP contribution is -2.32. The minimum atomic E-state index is 0.0285. The van der Waals surface area contributed by atoms with E-state index in [1.165, 1.54) is 32.1 Å². The number of amides is 1. The van der Waals surface area contributed by atoms with Gasteiger partial charge in [-0.05, 0) is 37.0 Å². The smallest absolute Gasteiger partial charge is 0.257 e. The average molecular weight is 383 g/mol. The highest BCUT2D eigenvalue weighted by atomic mass is 16.5. The number of aromatic nitrogens is 2. The first-order valence-electron chi connectivity index (χ1n) is 10.3. The Labute approximate surface area is 166 Å². The topological polar surface area (TPSA) is 56.6 Å². The Morgan fingerprint density at radius 3 is 2.68 bits per heavy atom. The molecule has 1 aliphatic heterocycles. The average Bonchev–Trinajstić information content (AvgIpc) is 2.94. The molecule has 6 nitrogen and oxygen atoms in total. The van der Waals surface area contributed by atoms with Gasteiger partial charge in [0.25, 0.3) is 5.91 Å². The summed E-state index contributed by atoms with van der Waals surface area (Å²) in [7, 11) is 3.76. The molecule has 4 rings (SSSR count). The standard InChI is InChI=1S/C22H29N3O3/c1-24(14-16-7-4-3-5-8-16)22(26)18-15-25(2)23-21(18)17-9-10-19-20(13-17)28-12-6-11-27-19/h9-10,13,15-16H,3-8,11-12,14H2,1-2H3. The first-order chi connectivity index (χ1) is 13.6. The van der Waals surface area contributed by atoms with Gasteiger partial charge in [0.1, 0.15) is 5.69 Å². The molecule has 2 aromatic rings. The van der Waals surface area contributed by atoms with Gasteiger partial charge in [0.05, 0.1) is 18.8 Å². The van der Waals surface area contributed by atoms with Gasteiger partial charge in [-0.25, -0.2) is 0 Å². The summed E-state index contributed by atoms with van der Waals surface area (Å²) in [5.41, 5.74) is 2.20. The summed E-state index contributed by atoms with van der Waals surface area (Å²) in [5.74, 6) is 2.11. The number of fused-ring (bicyclic) bond motifs is 1. The predicted molar refractivity (Wildman–Crippen MR) is 108 cm³/mol. The number of aryl methyl sites for hydroxylation is 1. The first kappa shape index (κ1) is 18.8. The van der Waals surface area contributed by atoms with E-state index in [-0.39, 0.29) is 5.91 Å². The lowest BCUT2D eigenvalue weighted by Gasteiger charge is -2.27. The van der Waals surface area contributed by atoms with Crippen LogP contribution in [0.4, 0.5) is 0 Å². The van der Waals surface area contributed by atoms with Crippen LogP contribution in [0.5, 0.6) is 11.5 Å². The highest BCUT2D eigenvalue weighted by molar-refractivity contribution is 5.99. The highest BCUT2D eigenvalue weighted by Gasteiger charge is 2.24. The Hall–Kier alpha value is -2.50. The summed E-state index contributed by atoms with van der Waals surface area (Å²) in [6, 6.07) is 5.79. The second-order valence-corrected chi connectivity index (χ2v) is 7.97. The molecule has 28 heavy (non-hydrogen) atoms. The maximum absolute atomic E-state index is 13.2. The lowest BCUT2D eigenvalue weighted by molar-refractivity contribution is 0.0761. The van der Waals surface area contributed by atoms with E-state index in [1.54, 1.807) is 4.68 Å². The van der Waals surface area contributed by atoms with E-state index in [0.29, 0.717) is 30.4 Å². The van der Waals surface area contributed by atoms with Gasteiger partial charge in [0.15, 0.2) is 11.5 Å². The molecule has 0 radical (unpaired) electrons. The van der Waals surface area contributed by atoms with Crippen molar-refractivity contribution in [2.75, 3.05) is 26.8 Å². The lowest BCUT2D eigenvalue weighted by atomic mass is 9.89. The number of hydrogen-bond donors (Lipinski definition) is 0. The van der Waals surface area contributed by atoms with E-state index in [9.17, 15) is 4.79 Å². The number of rotatable bonds is 4. The van der Waals surface area contributed by atoms with Crippen LogP contribution >= 0.6 is 0 Å². The molecule has 1 amide bonds. The van der Waals surface area contributed by atoms with Gasteiger partial charge in [-0.15, -0.1) is 0 Å². The molecular weight excluding hydrogens is 354 g/mol. The first-order valence-corrected chi connectivity index (χ1v) is 10.3. The summed E-state index contributed by atoms with van der Waals surface area (Å²) in [4.78, 5) is 15.0. The van der Waals surface area contributed by atoms with E-state index in [1.807, 2.05) is 43.4 Å². The van der Waals surface area contributed by atoms with Crippen LogP contribution in [0.15, 0.2) is 24.4 Å². The Balaban J connectivity index is 1.58. The third kappa shape index (κ3) is 4.01. The third-order valence-corrected chi connectivity index (χ3v) is 5.68. The van der Waals surface area contributed by atoms with Gasteiger partial charge in [0.2, 0.25) is 0 Å². The summed E-state index contributed by atoms with van der Waals surface area (Å²) in [5, 5.41) is 4.58. The van der Waals surface area contributed by atoms with Gasteiger partial charge >= 0.3 is 0 Å². The summed E-state index contributed by atoms with van der Waals surface area (Å²) < 4.78 is 13.2. The maximum Gasteiger partial charge on any atom is 0.257 e. The van der Waals surface area contributed by atoms with E-state index < -0.39 is 0 Å². The van der Waals surface area contributed by atoms with Crippen molar-refractivity contribution in [3.63, 3.8) is 0 Å². The fourth-order valence-electron chi connectivity index (χ4n) is 4.21. The Bertz CT molecular complexity index is 840. The molecule has 2 heterocycles. The second-order valence-electron chi connectivity index (χ2n) is 7.97. The summed E-state index contributed by atoms with van der Waals surface area (Å²) in [6.07, 6.45) is 9.01. The molecule has 1 aromatic heterocycles. The summed E-state index contributed by atoms with van der Waals surface area (Å²) in [6.45, 7) is 2.11. The molecular formula is C22H29N3O3. The third-order valence-electron chi connectivity index (χ3n) is 5.68. The van der Waals surface area contributed by atoms with Crippen LogP contribution < -0.4 is 9.47 Å². The predicted octanol–water partition coefficient (Wildman–Crippen LogP) is 3.90. The fourth-order valence-corrected chi connectivity index (χ4v) is 4.21. The minimum Gasteiger partial charge on any atom is -0.490 e. The van der Waals surface area contributed by atoms with Gasteiger partial charge in [0, 0.05) is 38.8 Å². The van der Waals surface area contributed by atoms with Gasteiger partial charge in [-0.1, -0.05) is 19.3 Å². The van der Waals surface area contributed by atoms with Crippen LogP contribution in [0, 0.1) is 5.92 Å². The molecule has 0 bridgehead atoms. The van der Waals surface area contributed by atoms with E-state index in [2.05, 4.69) is 5.10 Å². The minimum absolute atomic E-state index is 0.0285. The highest BCUT2D eigenvalue weighted by Crippen LogP contribution is 2.35. The SMILES string of the molecule is CN(CC1CCCCC1)C(=O)c1cn(C)nc1-c1ccc2c(c1)OCCCO2. The van der Waals surface area contributed by atoms with Crippen LogP contribution in [0.3, 0.4) is 0 Å². The van der Waals surface area contributed by atoms with Crippen molar-refractivity contribution < 1.29 is 14.3 Å². The molecule has 1 aliphatic carbocycles. The van der Waals surface area contributed by atoms with Gasteiger partial charge in [-0.3, -0.25) is 9.48 Å². The molecule has 0 unspecified atom stereocenters. The molecule has 0 spiro atoms. The maximum atomic E-state index is 13.2. The Kier molecular flexibility index (Phi) is 5.55. The quantitative estimate of drug-likeness (QED) is 0.803.